The summed E-state index contributed by atoms with van der Waals surface area (Å²) in [5, 5.41) is 0. The van der Waals surface area contributed by atoms with E-state index in [0.717, 1.165) is 4.90 Å². The van der Waals surface area contributed by atoms with E-state index in [0.29, 0.717) is 17.1 Å². The lowest BCUT2D eigenvalue weighted by molar-refractivity contribution is 0.102. The minimum atomic E-state index is 0.0552. The molecule has 1 heterocycles. The molecule has 0 fully saturated rings. The third-order valence-corrected chi connectivity index (χ3v) is 3.90. The Balaban J connectivity index is 2.03. The molecule has 0 aliphatic carbocycles. The second-order valence-corrected chi connectivity index (χ2v) is 5.11. The zero-order chi connectivity index (χ0) is 13.7. The van der Waals surface area contributed by atoms with Crippen molar-refractivity contribution in [3.63, 3.8) is 0 Å². The summed E-state index contributed by atoms with van der Waals surface area (Å²) in [6.07, 6.45) is 3.16. The Morgan fingerprint density at radius 3 is 2.84 bits per heavy atom. The zero-order valence-corrected chi connectivity index (χ0v) is 11.7. The van der Waals surface area contributed by atoms with Crippen molar-refractivity contribution < 1.29 is 9.53 Å². The van der Waals surface area contributed by atoms with Crippen molar-refractivity contribution in [2.45, 2.75) is 11.8 Å². The normalized spacial score (nSPS) is 10.2. The summed E-state index contributed by atoms with van der Waals surface area (Å²) in [7, 11) is 1.56. The lowest BCUT2D eigenvalue weighted by Crippen LogP contribution is -2.03. The number of ether oxygens (including phenoxy) is 1. The van der Waals surface area contributed by atoms with Gasteiger partial charge in [-0.05, 0) is 24.6 Å². The van der Waals surface area contributed by atoms with Crippen LogP contribution < -0.4 is 4.74 Å². The Hall–Kier alpha value is -1.81. The monoisotopic (exact) mass is 273 g/mol. The van der Waals surface area contributed by atoms with Gasteiger partial charge in [0.1, 0.15) is 5.75 Å². The predicted octanol–water partition coefficient (Wildman–Crippen LogP) is 3.37. The number of methoxy groups -OCH3 is 1. The molecule has 19 heavy (non-hydrogen) atoms. The third kappa shape index (κ3) is 3.58. The van der Waals surface area contributed by atoms with Crippen LogP contribution in [0, 0.1) is 6.92 Å². The molecule has 1 aromatic heterocycles. The van der Waals surface area contributed by atoms with Crippen molar-refractivity contribution in [3.8, 4) is 5.75 Å². The molecule has 0 bridgehead atoms. The Bertz CT molecular complexity index is 584. The summed E-state index contributed by atoms with van der Waals surface area (Å²) in [5.41, 5.74) is 1.77. The van der Waals surface area contributed by atoms with Gasteiger partial charge in [-0.1, -0.05) is 18.2 Å². The zero-order valence-electron chi connectivity index (χ0n) is 10.9. The van der Waals surface area contributed by atoms with E-state index in [2.05, 4.69) is 4.98 Å². The number of hydrogen-bond donors (Lipinski definition) is 0. The first-order valence-corrected chi connectivity index (χ1v) is 6.90. The van der Waals surface area contributed by atoms with Crippen molar-refractivity contribution in [2.75, 3.05) is 12.9 Å². The largest absolute Gasteiger partial charge is 0.495 e. The van der Waals surface area contributed by atoms with Crippen LogP contribution in [0.5, 0.6) is 5.75 Å². The van der Waals surface area contributed by atoms with Crippen LogP contribution >= 0.6 is 11.8 Å². The third-order valence-electron chi connectivity index (χ3n) is 2.72. The fourth-order valence-electron chi connectivity index (χ4n) is 1.63. The van der Waals surface area contributed by atoms with Crippen LogP contribution in [0.3, 0.4) is 0 Å². The van der Waals surface area contributed by atoms with Gasteiger partial charge in [0.15, 0.2) is 5.78 Å². The van der Waals surface area contributed by atoms with Crippen molar-refractivity contribution in [3.05, 3.63) is 53.9 Å². The molecule has 0 radical (unpaired) electrons. The number of rotatable bonds is 5. The van der Waals surface area contributed by atoms with Gasteiger partial charge in [-0.25, -0.2) is 0 Å². The minimum absolute atomic E-state index is 0.0552. The minimum Gasteiger partial charge on any atom is -0.495 e. The van der Waals surface area contributed by atoms with E-state index in [1.165, 1.54) is 5.56 Å². The Morgan fingerprint density at radius 1 is 1.32 bits per heavy atom. The van der Waals surface area contributed by atoms with Crippen LogP contribution in [0.1, 0.15) is 15.9 Å². The highest BCUT2D eigenvalue weighted by Crippen LogP contribution is 2.23. The van der Waals surface area contributed by atoms with Crippen molar-refractivity contribution in [1.82, 2.24) is 4.98 Å². The summed E-state index contributed by atoms with van der Waals surface area (Å²) in [4.78, 5) is 17.2. The second kappa shape index (κ2) is 6.38. The average Bonchev–Trinajstić information content (AvgIpc) is 2.46. The molecule has 1 aromatic carbocycles. The standard InChI is InChI=1S/C15H15NO2S/c1-11-5-3-4-6-15(11)19-10-14(17)12-7-13(18-2)9-16-8-12/h3-9H,10H2,1-2H3. The van der Waals surface area contributed by atoms with E-state index in [9.17, 15) is 4.79 Å². The van der Waals surface area contributed by atoms with Crippen LogP contribution in [0.15, 0.2) is 47.6 Å². The van der Waals surface area contributed by atoms with Crippen molar-refractivity contribution in [2.24, 2.45) is 0 Å². The fraction of sp³-hybridized carbons (Fsp3) is 0.200. The number of hydrogen-bond acceptors (Lipinski definition) is 4. The van der Waals surface area contributed by atoms with Crippen LogP contribution in [-0.2, 0) is 0 Å². The van der Waals surface area contributed by atoms with Gasteiger partial charge in [0, 0.05) is 16.7 Å². The summed E-state index contributed by atoms with van der Waals surface area (Å²) in [6.45, 7) is 2.04. The molecule has 98 valence electrons. The molecule has 0 saturated heterocycles. The van der Waals surface area contributed by atoms with E-state index in [4.69, 9.17) is 4.74 Å². The van der Waals surface area contributed by atoms with E-state index < -0.39 is 0 Å². The van der Waals surface area contributed by atoms with Crippen LogP contribution in [-0.4, -0.2) is 23.6 Å². The number of nitrogens with zero attached hydrogens (tertiary/aromatic N) is 1. The van der Waals surface area contributed by atoms with Crippen molar-refractivity contribution in [1.29, 1.82) is 0 Å². The molecule has 3 nitrogen and oxygen atoms in total. The van der Waals surface area contributed by atoms with Crippen LogP contribution in [0.4, 0.5) is 0 Å². The first-order valence-electron chi connectivity index (χ1n) is 5.91. The SMILES string of the molecule is COc1cncc(C(=O)CSc2ccccc2C)c1. The number of Topliss-reactive ketones (excluding diaryl/α,β-unsaturated/α-hetero) is 1. The molecule has 0 spiro atoms. The molecule has 2 rings (SSSR count). The van der Waals surface area contributed by atoms with Gasteiger partial charge in [-0.3, -0.25) is 9.78 Å². The van der Waals surface area contributed by atoms with Crippen LogP contribution in [0.25, 0.3) is 0 Å². The molecule has 0 N–H and O–H groups in total. The molecular weight excluding hydrogens is 258 g/mol. The maximum absolute atomic E-state index is 12.1. The highest BCUT2D eigenvalue weighted by Gasteiger charge is 2.09. The molecule has 0 aliphatic rings. The number of carbonyl (C=O) groups is 1. The molecule has 2 aromatic rings. The smallest absolute Gasteiger partial charge is 0.174 e. The van der Waals surface area contributed by atoms with Gasteiger partial charge in [0.25, 0.3) is 0 Å². The summed E-state index contributed by atoms with van der Waals surface area (Å²) in [6, 6.07) is 9.75. The van der Waals surface area contributed by atoms with E-state index >= 15 is 0 Å². The Morgan fingerprint density at radius 2 is 2.11 bits per heavy atom. The number of ketones is 1. The van der Waals surface area contributed by atoms with Gasteiger partial charge >= 0.3 is 0 Å². The van der Waals surface area contributed by atoms with Gasteiger partial charge in [-0.2, -0.15) is 0 Å². The van der Waals surface area contributed by atoms with E-state index in [-0.39, 0.29) is 5.78 Å². The first-order chi connectivity index (χ1) is 9.20. The molecule has 0 amide bonds. The highest BCUT2D eigenvalue weighted by molar-refractivity contribution is 8.00. The fourth-order valence-corrected chi connectivity index (χ4v) is 2.55. The topological polar surface area (TPSA) is 39.2 Å². The lowest BCUT2D eigenvalue weighted by Gasteiger charge is -2.05. The molecule has 0 aliphatic heterocycles. The number of aryl methyl sites for hydroxylation is 1. The van der Waals surface area contributed by atoms with Crippen molar-refractivity contribution >= 4 is 17.5 Å². The molecule has 0 unspecified atom stereocenters. The van der Waals surface area contributed by atoms with Crippen LogP contribution in [0.2, 0.25) is 0 Å². The number of carbonyl (C=O) groups excluding carboxylic acids is 1. The van der Waals surface area contributed by atoms with Gasteiger partial charge in [0.2, 0.25) is 0 Å². The van der Waals surface area contributed by atoms with Gasteiger partial charge in [-0.15, -0.1) is 11.8 Å². The average molecular weight is 273 g/mol. The first kappa shape index (κ1) is 13.6. The number of thioether (sulfide) groups is 1. The Kier molecular flexibility index (Phi) is 4.58. The molecule has 0 atom stereocenters. The number of pyridine rings is 1. The van der Waals surface area contributed by atoms with E-state index in [1.54, 1.807) is 37.3 Å². The number of benzene rings is 1. The lowest BCUT2D eigenvalue weighted by atomic mass is 10.2. The number of aromatic nitrogens is 1. The maximum Gasteiger partial charge on any atom is 0.174 e. The highest BCUT2D eigenvalue weighted by atomic mass is 32.2. The maximum atomic E-state index is 12.1. The molecule has 0 saturated carbocycles. The summed E-state index contributed by atoms with van der Waals surface area (Å²) < 4.78 is 5.07. The summed E-state index contributed by atoms with van der Waals surface area (Å²) >= 11 is 1.55. The second-order valence-electron chi connectivity index (χ2n) is 4.09. The van der Waals surface area contributed by atoms with Gasteiger partial charge < -0.3 is 4.74 Å². The quantitative estimate of drug-likeness (QED) is 0.618. The van der Waals surface area contributed by atoms with Gasteiger partial charge in [0.05, 0.1) is 19.1 Å². The van der Waals surface area contributed by atoms with E-state index in [1.807, 2.05) is 31.2 Å². The molecular formula is C15H15NO2S. The predicted molar refractivity (Wildman–Crippen MR) is 77.0 cm³/mol. The Labute approximate surface area is 117 Å². The molecule has 4 heteroatoms. The summed E-state index contributed by atoms with van der Waals surface area (Å²) in [5.74, 6) is 1.06.